The minimum atomic E-state index is -1.42. The summed E-state index contributed by atoms with van der Waals surface area (Å²) in [5, 5.41) is 1.22. The van der Waals surface area contributed by atoms with Gasteiger partial charge in [-0.3, -0.25) is 9.22 Å². The summed E-state index contributed by atoms with van der Waals surface area (Å²) in [4.78, 5) is 12.3. The van der Waals surface area contributed by atoms with Crippen molar-refractivity contribution in [1.29, 1.82) is 0 Å². The van der Waals surface area contributed by atoms with Crippen molar-refractivity contribution in [2.45, 2.75) is 39.3 Å². The molecule has 0 aliphatic rings. The van der Waals surface area contributed by atoms with E-state index in [1.165, 1.54) is 5.32 Å². The number of hydrogen-bond donors (Lipinski definition) is 1. The molecule has 0 spiro atoms. The van der Waals surface area contributed by atoms with Crippen LogP contribution in [-0.2, 0) is 0 Å². The monoisotopic (exact) mass is 281 g/mol. The quantitative estimate of drug-likeness (QED) is 0.856. The van der Waals surface area contributed by atoms with Crippen LogP contribution in [0.1, 0.15) is 0 Å². The van der Waals surface area contributed by atoms with Gasteiger partial charge in [0.15, 0.2) is 18.2 Å². The zero-order valence-electron chi connectivity index (χ0n) is 12.1. The van der Waals surface area contributed by atoms with Gasteiger partial charge in [-0.1, -0.05) is 24.6 Å². The van der Waals surface area contributed by atoms with Crippen LogP contribution in [0.25, 0.3) is 17.3 Å². The average Bonchev–Trinajstić information content (AvgIpc) is 2.57. The molecule has 0 aromatic carbocycles. The first-order chi connectivity index (χ1) is 7.71. The van der Waals surface area contributed by atoms with Crippen LogP contribution >= 0.6 is 0 Å². The molecular formula is C11H23N5Si2. The minimum Gasteiger partial charge on any atom is -0.693 e. The minimum absolute atomic E-state index is 0. The number of hydrogen-bond acceptors (Lipinski definition) is 2. The lowest BCUT2D eigenvalue weighted by atomic mass is 10.6. The van der Waals surface area contributed by atoms with Gasteiger partial charge in [0, 0.05) is 0 Å². The van der Waals surface area contributed by atoms with Gasteiger partial charge in [-0.2, -0.15) is 0 Å². The Balaban J connectivity index is 0.00000162. The van der Waals surface area contributed by atoms with E-state index in [0.29, 0.717) is 0 Å². The largest absolute Gasteiger partial charge is 0.693 e. The van der Waals surface area contributed by atoms with Gasteiger partial charge in [0.1, 0.15) is 8.07 Å². The maximum absolute atomic E-state index is 4.50. The summed E-state index contributed by atoms with van der Waals surface area (Å²) in [6, 6.07) is 0. The fourth-order valence-corrected chi connectivity index (χ4v) is 4.60. The maximum atomic E-state index is 4.50. The number of fused-ring (bicyclic) bond motifs is 1. The molecule has 5 nitrogen and oxygen atoms in total. The third kappa shape index (κ3) is 2.52. The Morgan fingerprint density at radius 1 is 1.06 bits per heavy atom. The van der Waals surface area contributed by atoms with Gasteiger partial charge in [0.25, 0.3) is 5.65 Å². The first-order valence-corrected chi connectivity index (χ1v) is 12.9. The molecule has 3 N–H and O–H groups in total. The van der Waals surface area contributed by atoms with Crippen LogP contribution in [-0.4, -0.2) is 31.3 Å². The zero-order chi connectivity index (χ0) is 12.8. The molecule has 18 heavy (non-hydrogen) atoms. The molecule has 2 heterocycles. The molecule has 100 valence electrons. The summed E-state index contributed by atoms with van der Waals surface area (Å²) in [6.45, 7) is 13.9. The van der Waals surface area contributed by atoms with E-state index in [4.69, 9.17) is 0 Å². The SMILES string of the molecule is C[Si](C)(C)c1ncnc2c1[nH]c[n+]2[Si](C)(C)C.[NH2-]. The molecule has 0 bridgehead atoms. The number of nitrogens with two attached hydrogens (primary N) is 1. The van der Waals surface area contributed by atoms with E-state index < -0.39 is 16.3 Å². The van der Waals surface area contributed by atoms with Gasteiger partial charge in [-0.15, -0.1) is 0 Å². The van der Waals surface area contributed by atoms with Gasteiger partial charge < -0.3 is 6.15 Å². The summed E-state index contributed by atoms with van der Waals surface area (Å²) < 4.78 is 2.31. The lowest BCUT2D eigenvalue weighted by molar-refractivity contribution is -0.518. The Labute approximate surface area is 110 Å². The van der Waals surface area contributed by atoms with Crippen LogP contribution in [0, 0.1) is 0 Å². The highest BCUT2D eigenvalue weighted by Crippen LogP contribution is 2.09. The van der Waals surface area contributed by atoms with E-state index in [2.05, 4.69) is 64.8 Å². The summed E-state index contributed by atoms with van der Waals surface area (Å²) in [6.07, 6.45) is 3.77. The predicted octanol–water partition coefficient (Wildman–Crippen LogP) is 2.19. The predicted molar refractivity (Wildman–Crippen MR) is 81.1 cm³/mol. The number of nitrogens with zero attached hydrogens (tertiary/aromatic N) is 3. The summed E-state index contributed by atoms with van der Waals surface area (Å²) >= 11 is 0. The van der Waals surface area contributed by atoms with Crippen molar-refractivity contribution in [3.05, 3.63) is 18.8 Å². The molecule has 0 radical (unpaired) electrons. The highest BCUT2D eigenvalue weighted by atomic mass is 28.3. The Morgan fingerprint density at radius 3 is 2.17 bits per heavy atom. The van der Waals surface area contributed by atoms with Crippen LogP contribution in [0.4, 0.5) is 0 Å². The van der Waals surface area contributed by atoms with E-state index >= 15 is 0 Å². The van der Waals surface area contributed by atoms with Crippen molar-refractivity contribution in [2.24, 2.45) is 0 Å². The summed E-state index contributed by atoms with van der Waals surface area (Å²) in [7, 11) is -2.84. The van der Waals surface area contributed by atoms with E-state index in [1.54, 1.807) is 6.33 Å². The van der Waals surface area contributed by atoms with E-state index in [0.717, 1.165) is 11.2 Å². The molecule has 0 saturated carbocycles. The standard InChI is InChI=1S/C11H20N4Si2.H2N/c1-16(2,3)11-9-10(12-7-13-11)15(8-14-9)17(4,5)6;/h7-8H,1-6H3;1H2/q;-1/p+1. The van der Waals surface area contributed by atoms with Crippen molar-refractivity contribution in [2.75, 3.05) is 0 Å². The van der Waals surface area contributed by atoms with Crippen molar-refractivity contribution < 1.29 is 4.23 Å². The number of nitrogens with one attached hydrogen (secondary N) is 1. The van der Waals surface area contributed by atoms with Crippen LogP contribution in [0.5, 0.6) is 0 Å². The molecule has 2 aromatic rings. The second kappa shape index (κ2) is 4.56. The molecule has 0 aliphatic carbocycles. The van der Waals surface area contributed by atoms with Crippen LogP contribution in [0.15, 0.2) is 12.7 Å². The fraction of sp³-hybridized carbons (Fsp3) is 0.545. The van der Waals surface area contributed by atoms with Gasteiger partial charge in [0.05, 0.1) is 5.32 Å². The first kappa shape index (κ1) is 15.0. The topological polar surface area (TPSA) is 79.0 Å². The molecule has 2 rings (SSSR count). The van der Waals surface area contributed by atoms with E-state index in [-0.39, 0.29) is 6.15 Å². The van der Waals surface area contributed by atoms with E-state index in [9.17, 15) is 0 Å². The Morgan fingerprint density at radius 2 is 1.67 bits per heavy atom. The second-order valence-electron chi connectivity index (χ2n) is 6.49. The third-order valence-electron chi connectivity index (χ3n) is 2.83. The van der Waals surface area contributed by atoms with Gasteiger partial charge in [-0.25, -0.2) is 4.98 Å². The van der Waals surface area contributed by atoms with Crippen molar-refractivity contribution in [3.63, 3.8) is 0 Å². The number of rotatable bonds is 2. The summed E-state index contributed by atoms with van der Waals surface area (Å²) in [5.41, 5.74) is 2.20. The van der Waals surface area contributed by atoms with Gasteiger partial charge in [0.2, 0.25) is 8.24 Å². The highest BCUT2D eigenvalue weighted by molar-refractivity contribution is 6.89. The highest BCUT2D eigenvalue weighted by Gasteiger charge is 2.30. The Hall–Kier alpha value is -1.06. The number of imidazole rings is 1. The maximum Gasteiger partial charge on any atom is 0.292 e. The molecule has 0 aliphatic heterocycles. The molecule has 0 saturated heterocycles. The molecule has 7 heteroatoms. The number of aromatic amines is 1. The lowest BCUT2D eigenvalue weighted by Gasteiger charge is -2.14. The Bertz CT molecular complexity index is 551. The van der Waals surface area contributed by atoms with Crippen LogP contribution in [0.3, 0.4) is 0 Å². The van der Waals surface area contributed by atoms with Crippen molar-refractivity contribution >= 4 is 32.8 Å². The third-order valence-corrected chi connectivity index (χ3v) is 6.41. The molecule has 2 aromatic heterocycles. The molecule has 0 atom stereocenters. The van der Waals surface area contributed by atoms with Crippen molar-refractivity contribution in [3.8, 4) is 0 Å². The van der Waals surface area contributed by atoms with E-state index in [1.807, 2.05) is 0 Å². The molecule has 0 fully saturated rings. The average molecular weight is 282 g/mol. The first-order valence-electron chi connectivity index (χ1n) is 5.96. The number of aromatic nitrogens is 4. The van der Waals surface area contributed by atoms with Crippen LogP contribution < -0.4 is 9.55 Å². The smallest absolute Gasteiger partial charge is 0.292 e. The second-order valence-corrected chi connectivity index (χ2v) is 16.3. The Kier molecular flexibility index (Phi) is 3.80. The van der Waals surface area contributed by atoms with Crippen molar-refractivity contribution in [1.82, 2.24) is 15.0 Å². The van der Waals surface area contributed by atoms with Crippen LogP contribution in [0.2, 0.25) is 39.3 Å². The summed E-state index contributed by atoms with van der Waals surface area (Å²) in [5.74, 6) is 0. The van der Waals surface area contributed by atoms with Gasteiger partial charge in [-0.05, 0) is 19.6 Å². The fourth-order valence-electron chi connectivity index (χ4n) is 1.96. The zero-order valence-corrected chi connectivity index (χ0v) is 14.1. The normalized spacial score (nSPS) is 12.6. The molecule has 0 unspecified atom stereocenters. The number of H-pyrrole nitrogens is 1. The molecular weight excluding hydrogens is 258 g/mol. The molecule has 0 amide bonds. The lowest BCUT2D eigenvalue weighted by Crippen LogP contribution is -2.57. The van der Waals surface area contributed by atoms with Gasteiger partial charge >= 0.3 is 0 Å².